The van der Waals surface area contributed by atoms with Crippen LogP contribution in [0.5, 0.6) is 0 Å². The van der Waals surface area contributed by atoms with E-state index in [1.807, 2.05) is 24.3 Å². The maximum Gasteiger partial charge on any atom is 0.152 e. The van der Waals surface area contributed by atoms with Crippen LogP contribution in [-0.4, -0.2) is 19.9 Å². The molecule has 1 aromatic rings. The lowest BCUT2D eigenvalue weighted by atomic mass is 10.2. The quantitative estimate of drug-likeness (QED) is 0.678. The summed E-state index contributed by atoms with van der Waals surface area (Å²) >= 11 is 0. The Kier molecular flexibility index (Phi) is 2.53. The minimum atomic E-state index is 0.788. The minimum Gasteiger partial charge on any atom is -0.374 e. The Morgan fingerprint density at radius 3 is 2.79 bits per heavy atom. The van der Waals surface area contributed by atoms with Gasteiger partial charge >= 0.3 is 0 Å². The summed E-state index contributed by atoms with van der Waals surface area (Å²) in [5.41, 5.74) is 1.84. The molecule has 2 nitrogen and oxygen atoms in total. The largest absolute Gasteiger partial charge is 0.374 e. The average molecular weight is 189 g/mol. The maximum atomic E-state index is 10.8. The first-order valence-corrected chi connectivity index (χ1v) is 5.06. The van der Waals surface area contributed by atoms with Crippen molar-refractivity contribution >= 4 is 12.0 Å². The minimum absolute atomic E-state index is 0.788. The van der Waals surface area contributed by atoms with Gasteiger partial charge in [-0.2, -0.15) is 0 Å². The smallest absolute Gasteiger partial charge is 0.152 e. The van der Waals surface area contributed by atoms with Gasteiger partial charge in [0.25, 0.3) is 0 Å². The van der Waals surface area contributed by atoms with Crippen LogP contribution < -0.4 is 4.90 Å². The van der Waals surface area contributed by atoms with Crippen LogP contribution in [0.15, 0.2) is 24.3 Å². The molecule has 0 aliphatic heterocycles. The number of rotatable bonds is 4. The highest BCUT2D eigenvalue weighted by atomic mass is 16.1. The van der Waals surface area contributed by atoms with Crippen molar-refractivity contribution < 1.29 is 4.79 Å². The van der Waals surface area contributed by atoms with E-state index >= 15 is 0 Å². The van der Waals surface area contributed by atoms with E-state index in [1.54, 1.807) is 0 Å². The summed E-state index contributed by atoms with van der Waals surface area (Å²) in [5.74, 6) is 0.847. The van der Waals surface area contributed by atoms with Crippen LogP contribution in [0.1, 0.15) is 23.2 Å². The Morgan fingerprint density at radius 1 is 1.43 bits per heavy atom. The van der Waals surface area contributed by atoms with Gasteiger partial charge in [0.1, 0.15) is 0 Å². The van der Waals surface area contributed by atoms with E-state index in [0.29, 0.717) is 0 Å². The summed E-state index contributed by atoms with van der Waals surface area (Å²) in [7, 11) is 2.06. The number of hydrogen-bond donors (Lipinski definition) is 0. The lowest BCUT2D eigenvalue weighted by Crippen LogP contribution is -2.21. The third-order valence-corrected chi connectivity index (χ3v) is 2.70. The third kappa shape index (κ3) is 1.95. The molecule has 1 aliphatic rings. The number of nitrogens with zero attached hydrogens (tertiary/aromatic N) is 1. The van der Waals surface area contributed by atoms with Crippen LogP contribution in [0.4, 0.5) is 5.69 Å². The van der Waals surface area contributed by atoms with E-state index in [-0.39, 0.29) is 0 Å². The SMILES string of the molecule is CN(CC1CC1)c1ccccc1C=O. The molecule has 0 unspecified atom stereocenters. The number of hydrogen-bond acceptors (Lipinski definition) is 2. The molecule has 0 saturated heterocycles. The molecular formula is C12H15NO. The highest BCUT2D eigenvalue weighted by molar-refractivity contribution is 5.84. The molecule has 1 aromatic carbocycles. The Labute approximate surface area is 84.5 Å². The van der Waals surface area contributed by atoms with E-state index in [0.717, 1.165) is 30.0 Å². The Hall–Kier alpha value is -1.31. The molecule has 0 spiro atoms. The van der Waals surface area contributed by atoms with E-state index in [2.05, 4.69) is 11.9 Å². The first kappa shape index (κ1) is 9.25. The zero-order valence-corrected chi connectivity index (χ0v) is 8.44. The average Bonchev–Trinajstić information content (AvgIpc) is 3.01. The fourth-order valence-corrected chi connectivity index (χ4v) is 1.72. The zero-order chi connectivity index (χ0) is 9.97. The van der Waals surface area contributed by atoms with Gasteiger partial charge in [-0.15, -0.1) is 0 Å². The molecule has 0 radical (unpaired) electrons. The van der Waals surface area contributed by atoms with Crippen molar-refractivity contribution in [2.75, 3.05) is 18.5 Å². The van der Waals surface area contributed by atoms with Crippen molar-refractivity contribution in [2.45, 2.75) is 12.8 Å². The molecule has 0 aromatic heterocycles. The lowest BCUT2D eigenvalue weighted by Gasteiger charge is -2.20. The summed E-state index contributed by atoms with van der Waals surface area (Å²) in [6, 6.07) is 7.75. The highest BCUT2D eigenvalue weighted by Gasteiger charge is 2.23. The molecule has 0 amide bonds. The molecule has 0 N–H and O–H groups in total. The number of anilines is 1. The topological polar surface area (TPSA) is 20.3 Å². The van der Waals surface area contributed by atoms with Gasteiger partial charge in [0.05, 0.1) is 0 Å². The van der Waals surface area contributed by atoms with E-state index in [4.69, 9.17) is 0 Å². The fraction of sp³-hybridized carbons (Fsp3) is 0.417. The van der Waals surface area contributed by atoms with Gasteiger partial charge in [-0.25, -0.2) is 0 Å². The molecule has 1 saturated carbocycles. The monoisotopic (exact) mass is 189 g/mol. The molecule has 2 rings (SSSR count). The number of carbonyl (C=O) groups excluding carboxylic acids is 1. The van der Waals surface area contributed by atoms with Crippen LogP contribution in [0.25, 0.3) is 0 Å². The number of para-hydroxylation sites is 1. The van der Waals surface area contributed by atoms with E-state index in [1.165, 1.54) is 12.8 Å². The van der Waals surface area contributed by atoms with Crippen LogP contribution in [0.3, 0.4) is 0 Å². The lowest BCUT2D eigenvalue weighted by molar-refractivity contribution is 0.112. The van der Waals surface area contributed by atoms with Gasteiger partial charge in [-0.05, 0) is 30.9 Å². The fourth-order valence-electron chi connectivity index (χ4n) is 1.72. The molecule has 14 heavy (non-hydrogen) atoms. The van der Waals surface area contributed by atoms with Gasteiger partial charge in [-0.1, -0.05) is 12.1 Å². The second-order valence-corrected chi connectivity index (χ2v) is 4.00. The van der Waals surface area contributed by atoms with Gasteiger partial charge in [-0.3, -0.25) is 4.79 Å². The molecule has 1 fully saturated rings. The summed E-state index contributed by atoms with van der Waals surface area (Å²) in [4.78, 5) is 13.0. The normalized spacial score (nSPS) is 15.2. The summed E-state index contributed by atoms with van der Waals surface area (Å²) in [6.45, 7) is 1.07. The highest BCUT2D eigenvalue weighted by Crippen LogP contribution is 2.31. The first-order chi connectivity index (χ1) is 6.81. The van der Waals surface area contributed by atoms with E-state index < -0.39 is 0 Å². The second-order valence-electron chi connectivity index (χ2n) is 4.00. The van der Waals surface area contributed by atoms with Gasteiger partial charge in [0.15, 0.2) is 6.29 Å². The number of carbonyl (C=O) groups is 1. The summed E-state index contributed by atoms with van der Waals surface area (Å²) < 4.78 is 0. The molecule has 74 valence electrons. The summed E-state index contributed by atoms with van der Waals surface area (Å²) in [5, 5.41) is 0. The maximum absolute atomic E-state index is 10.8. The predicted molar refractivity (Wildman–Crippen MR) is 57.8 cm³/mol. The van der Waals surface area contributed by atoms with E-state index in [9.17, 15) is 4.79 Å². The Bertz CT molecular complexity index is 331. The molecular weight excluding hydrogens is 174 g/mol. The molecule has 2 heteroatoms. The van der Waals surface area contributed by atoms with Crippen molar-refractivity contribution in [1.29, 1.82) is 0 Å². The van der Waals surface area contributed by atoms with Crippen molar-refractivity contribution in [3.8, 4) is 0 Å². The first-order valence-electron chi connectivity index (χ1n) is 5.06. The third-order valence-electron chi connectivity index (χ3n) is 2.70. The van der Waals surface area contributed by atoms with Crippen LogP contribution in [0.2, 0.25) is 0 Å². The van der Waals surface area contributed by atoms with Crippen LogP contribution >= 0.6 is 0 Å². The summed E-state index contributed by atoms with van der Waals surface area (Å²) in [6.07, 6.45) is 3.61. The van der Waals surface area contributed by atoms with Crippen molar-refractivity contribution in [1.82, 2.24) is 0 Å². The Balaban J connectivity index is 2.15. The molecule has 0 atom stereocenters. The van der Waals surface area contributed by atoms with Crippen molar-refractivity contribution in [3.63, 3.8) is 0 Å². The van der Waals surface area contributed by atoms with Gasteiger partial charge in [0, 0.05) is 24.8 Å². The zero-order valence-electron chi connectivity index (χ0n) is 8.44. The van der Waals surface area contributed by atoms with Gasteiger partial charge in [0.2, 0.25) is 0 Å². The molecule has 0 heterocycles. The van der Waals surface area contributed by atoms with Crippen molar-refractivity contribution in [3.05, 3.63) is 29.8 Å². The second kappa shape index (κ2) is 3.82. The standard InChI is InChI=1S/C12H15NO/c1-13(8-10-6-7-10)12-5-3-2-4-11(12)9-14/h2-5,9-10H,6-8H2,1H3. The number of benzene rings is 1. The van der Waals surface area contributed by atoms with Gasteiger partial charge < -0.3 is 4.90 Å². The number of aldehydes is 1. The molecule has 0 bridgehead atoms. The molecule has 1 aliphatic carbocycles. The van der Waals surface area contributed by atoms with Crippen LogP contribution in [0, 0.1) is 5.92 Å². The van der Waals surface area contributed by atoms with Crippen molar-refractivity contribution in [2.24, 2.45) is 5.92 Å². The van der Waals surface area contributed by atoms with Crippen LogP contribution in [-0.2, 0) is 0 Å². The Morgan fingerprint density at radius 2 is 2.14 bits per heavy atom. The predicted octanol–water partition coefficient (Wildman–Crippen LogP) is 2.35.